The lowest BCUT2D eigenvalue weighted by Crippen LogP contribution is -2.26. The first-order valence-electron chi connectivity index (χ1n) is 6.62. The van der Waals surface area contributed by atoms with Crippen LogP contribution in [0.5, 0.6) is 11.5 Å². The van der Waals surface area contributed by atoms with Crippen molar-refractivity contribution >= 4 is 17.3 Å². The second-order valence-corrected chi connectivity index (χ2v) is 5.07. The van der Waals surface area contributed by atoms with Gasteiger partial charge in [-0.1, -0.05) is 11.6 Å². The molecule has 1 aliphatic heterocycles. The fraction of sp³-hybridized carbons (Fsp3) is 0.571. The number of rotatable bonds is 6. The second kappa shape index (κ2) is 6.87. The average molecular weight is 285 g/mol. The molecule has 5 heteroatoms. The molecule has 1 aromatic carbocycles. The van der Waals surface area contributed by atoms with Gasteiger partial charge in [0.2, 0.25) is 0 Å². The zero-order valence-corrected chi connectivity index (χ0v) is 12.3. The number of nitrogens with one attached hydrogen (secondary N) is 1. The summed E-state index contributed by atoms with van der Waals surface area (Å²) in [5, 5.41) is 3.95. The lowest BCUT2D eigenvalue weighted by atomic mass is 10.2. The molecule has 2 rings (SSSR count). The third-order valence-corrected chi connectivity index (χ3v) is 3.71. The molecule has 0 unspecified atom stereocenters. The van der Waals surface area contributed by atoms with E-state index >= 15 is 0 Å². The van der Waals surface area contributed by atoms with Crippen molar-refractivity contribution < 1.29 is 9.47 Å². The summed E-state index contributed by atoms with van der Waals surface area (Å²) < 4.78 is 10.6. The molecule has 1 fully saturated rings. The molecule has 0 radical (unpaired) electrons. The van der Waals surface area contributed by atoms with Crippen LogP contribution >= 0.6 is 11.6 Å². The molecule has 0 atom stereocenters. The van der Waals surface area contributed by atoms with Gasteiger partial charge in [-0.2, -0.15) is 0 Å². The Morgan fingerprint density at radius 1 is 1.16 bits per heavy atom. The number of likely N-dealkylation sites (tertiary alicyclic amines) is 1. The number of halogens is 1. The number of methoxy groups -OCH3 is 2. The molecule has 1 N–H and O–H groups in total. The predicted molar refractivity (Wildman–Crippen MR) is 78.7 cm³/mol. The van der Waals surface area contributed by atoms with Gasteiger partial charge in [-0.15, -0.1) is 0 Å². The van der Waals surface area contributed by atoms with Crippen LogP contribution in [0.1, 0.15) is 12.8 Å². The van der Waals surface area contributed by atoms with E-state index in [1.165, 1.54) is 25.9 Å². The van der Waals surface area contributed by atoms with Crippen LogP contribution in [0.2, 0.25) is 5.02 Å². The Hall–Kier alpha value is -1.13. The molecule has 1 aromatic rings. The minimum Gasteiger partial charge on any atom is -0.495 e. The molecule has 19 heavy (non-hydrogen) atoms. The Bertz CT molecular complexity index is 420. The lowest BCUT2D eigenvalue weighted by molar-refractivity contribution is 0.352. The number of hydrogen-bond acceptors (Lipinski definition) is 4. The number of anilines is 1. The summed E-state index contributed by atoms with van der Waals surface area (Å²) in [7, 11) is 3.26. The summed E-state index contributed by atoms with van der Waals surface area (Å²) in [5.74, 6) is 1.40. The smallest absolute Gasteiger partial charge is 0.143 e. The Balaban J connectivity index is 1.97. The molecule has 1 heterocycles. The van der Waals surface area contributed by atoms with Gasteiger partial charge in [-0.25, -0.2) is 0 Å². The summed E-state index contributed by atoms with van der Waals surface area (Å²) in [4.78, 5) is 2.46. The Kier molecular flexibility index (Phi) is 5.16. The molecule has 0 aromatic heterocycles. The summed E-state index contributed by atoms with van der Waals surface area (Å²) in [6.45, 7) is 4.36. The van der Waals surface area contributed by atoms with Crippen molar-refractivity contribution in [3.05, 3.63) is 17.2 Å². The maximum atomic E-state index is 6.08. The van der Waals surface area contributed by atoms with E-state index in [1.807, 2.05) is 6.07 Å². The fourth-order valence-electron chi connectivity index (χ4n) is 2.35. The SMILES string of the molecule is COc1cc(NCCN2CCCC2)c(OC)cc1Cl. The first-order chi connectivity index (χ1) is 9.24. The van der Waals surface area contributed by atoms with E-state index in [-0.39, 0.29) is 0 Å². The van der Waals surface area contributed by atoms with E-state index in [4.69, 9.17) is 21.1 Å². The minimum atomic E-state index is 0.560. The number of benzene rings is 1. The average Bonchev–Trinajstić information content (AvgIpc) is 2.93. The van der Waals surface area contributed by atoms with Gasteiger partial charge in [0.25, 0.3) is 0 Å². The van der Waals surface area contributed by atoms with Crippen LogP contribution in [0, 0.1) is 0 Å². The van der Waals surface area contributed by atoms with Gasteiger partial charge >= 0.3 is 0 Å². The highest BCUT2D eigenvalue weighted by Gasteiger charge is 2.12. The maximum absolute atomic E-state index is 6.08. The third kappa shape index (κ3) is 3.67. The van der Waals surface area contributed by atoms with Crippen LogP contribution < -0.4 is 14.8 Å². The van der Waals surface area contributed by atoms with E-state index in [9.17, 15) is 0 Å². The van der Waals surface area contributed by atoms with E-state index in [1.54, 1.807) is 20.3 Å². The zero-order chi connectivity index (χ0) is 13.7. The van der Waals surface area contributed by atoms with E-state index in [0.717, 1.165) is 24.5 Å². The van der Waals surface area contributed by atoms with Crippen molar-refractivity contribution in [1.82, 2.24) is 4.90 Å². The molecule has 0 spiro atoms. The summed E-state index contributed by atoms with van der Waals surface area (Å²) in [6, 6.07) is 3.66. The normalized spacial score (nSPS) is 15.5. The lowest BCUT2D eigenvalue weighted by Gasteiger charge is -2.17. The highest BCUT2D eigenvalue weighted by molar-refractivity contribution is 6.32. The van der Waals surface area contributed by atoms with Crippen LogP contribution in [0.25, 0.3) is 0 Å². The highest BCUT2D eigenvalue weighted by atomic mass is 35.5. The molecule has 0 bridgehead atoms. The van der Waals surface area contributed by atoms with Gasteiger partial charge in [-0.3, -0.25) is 0 Å². The molecule has 0 aliphatic carbocycles. The zero-order valence-electron chi connectivity index (χ0n) is 11.5. The first-order valence-corrected chi connectivity index (χ1v) is 7.00. The van der Waals surface area contributed by atoms with E-state index < -0.39 is 0 Å². The molecule has 106 valence electrons. The third-order valence-electron chi connectivity index (χ3n) is 3.42. The molecule has 0 amide bonds. The molecule has 1 aliphatic rings. The first kappa shape index (κ1) is 14.3. The van der Waals surface area contributed by atoms with Crippen LogP contribution in [0.3, 0.4) is 0 Å². The van der Waals surface area contributed by atoms with Gasteiger partial charge in [0, 0.05) is 25.2 Å². The Labute approximate surface area is 119 Å². The maximum Gasteiger partial charge on any atom is 0.143 e. The van der Waals surface area contributed by atoms with Crippen molar-refractivity contribution in [3.8, 4) is 11.5 Å². The van der Waals surface area contributed by atoms with Gasteiger partial charge in [-0.05, 0) is 25.9 Å². The van der Waals surface area contributed by atoms with Gasteiger partial charge in [0.15, 0.2) is 0 Å². The molecule has 4 nitrogen and oxygen atoms in total. The molecular weight excluding hydrogens is 264 g/mol. The summed E-state index contributed by atoms with van der Waals surface area (Å²) in [6.07, 6.45) is 2.64. The van der Waals surface area contributed by atoms with E-state index in [0.29, 0.717) is 10.8 Å². The van der Waals surface area contributed by atoms with Crippen LogP contribution in [0.15, 0.2) is 12.1 Å². The van der Waals surface area contributed by atoms with Crippen LogP contribution in [-0.2, 0) is 0 Å². The van der Waals surface area contributed by atoms with Crippen molar-refractivity contribution in [1.29, 1.82) is 0 Å². The fourth-order valence-corrected chi connectivity index (χ4v) is 2.58. The number of hydrogen-bond donors (Lipinski definition) is 1. The van der Waals surface area contributed by atoms with Crippen molar-refractivity contribution in [2.24, 2.45) is 0 Å². The quantitative estimate of drug-likeness (QED) is 0.871. The van der Waals surface area contributed by atoms with Gasteiger partial charge in [0.1, 0.15) is 11.5 Å². The number of ether oxygens (including phenoxy) is 2. The van der Waals surface area contributed by atoms with Crippen LogP contribution in [-0.4, -0.2) is 45.3 Å². The summed E-state index contributed by atoms with van der Waals surface area (Å²) in [5.41, 5.74) is 0.919. The standard InChI is InChI=1S/C14H21ClN2O2/c1-18-13-10-12(14(19-2)9-11(13)15)16-5-8-17-6-3-4-7-17/h9-10,16H,3-8H2,1-2H3. The highest BCUT2D eigenvalue weighted by Crippen LogP contribution is 2.35. The van der Waals surface area contributed by atoms with Gasteiger partial charge < -0.3 is 19.7 Å². The number of nitrogens with zero attached hydrogens (tertiary/aromatic N) is 1. The van der Waals surface area contributed by atoms with Gasteiger partial charge in [0.05, 0.1) is 24.9 Å². The Morgan fingerprint density at radius 2 is 1.84 bits per heavy atom. The molecule has 1 saturated heterocycles. The molecular formula is C14H21ClN2O2. The van der Waals surface area contributed by atoms with Crippen LogP contribution in [0.4, 0.5) is 5.69 Å². The second-order valence-electron chi connectivity index (χ2n) is 4.66. The largest absolute Gasteiger partial charge is 0.495 e. The monoisotopic (exact) mass is 284 g/mol. The molecule has 0 saturated carbocycles. The Morgan fingerprint density at radius 3 is 2.47 bits per heavy atom. The van der Waals surface area contributed by atoms with Crippen molar-refractivity contribution in [2.75, 3.05) is 45.7 Å². The van der Waals surface area contributed by atoms with Crippen molar-refractivity contribution in [2.45, 2.75) is 12.8 Å². The topological polar surface area (TPSA) is 33.7 Å². The van der Waals surface area contributed by atoms with E-state index in [2.05, 4.69) is 10.2 Å². The summed E-state index contributed by atoms with van der Waals surface area (Å²) >= 11 is 6.08. The van der Waals surface area contributed by atoms with Crippen molar-refractivity contribution in [3.63, 3.8) is 0 Å². The minimum absolute atomic E-state index is 0.560. The predicted octanol–water partition coefficient (Wildman–Crippen LogP) is 2.86.